The van der Waals surface area contributed by atoms with Gasteiger partial charge in [0.2, 0.25) is 0 Å². The Balaban J connectivity index is 0. The third-order valence-electron chi connectivity index (χ3n) is 0. The molecule has 0 spiro atoms. The van der Waals surface area contributed by atoms with Crippen LogP contribution in [0.4, 0.5) is 0 Å². The van der Waals surface area contributed by atoms with Crippen molar-refractivity contribution in [2.24, 2.45) is 0 Å². The largest absolute Gasteiger partial charge is 0.693 e. The first-order valence-electron chi connectivity index (χ1n) is 0. The summed E-state index contributed by atoms with van der Waals surface area (Å²) in [4.78, 5) is 0. The molecule has 0 atom stereocenters. The molecule has 6 radical (unpaired) electrons. The first kappa shape index (κ1) is 10100. The topological polar surface area (TPSA) is 780 Å². The van der Waals surface area contributed by atoms with Crippen molar-refractivity contribution in [2.45, 2.75) is 0 Å². The zero-order chi connectivity index (χ0) is 0. The molecule has 0 aliphatic carbocycles. The van der Waals surface area contributed by atoms with Crippen LogP contribution in [0.1, 0.15) is 0 Å². The van der Waals surface area contributed by atoms with E-state index in [9.17, 15) is 0 Å². The summed E-state index contributed by atoms with van der Waals surface area (Å²) >= 11 is 0. The summed E-state index contributed by atoms with van der Waals surface area (Å²) in [6, 6.07) is 0. The maximum absolute atomic E-state index is 0. The first-order valence-corrected chi connectivity index (χ1v) is 0. The molecule has 0 aromatic carbocycles. The Bertz CT molecular complexity index is 81.9. The van der Waals surface area contributed by atoms with Crippen LogP contribution < -0.4 is 0 Å². The molecule has 0 aliphatic rings. The van der Waals surface area contributed by atoms with Gasteiger partial charge in [-0.25, -0.2) is 0 Å². The fourth-order valence-corrected chi connectivity index (χ4v) is 0. The van der Waals surface area contributed by atoms with Gasteiger partial charge in [0.1, 0.15) is 0 Å². The molecule has 342 valence electrons. The van der Waals surface area contributed by atoms with Crippen LogP contribution in [0.5, 0.6) is 0 Å². The summed E-state index contributed by atoms with van der Waals surface area (Å²) < 4.78 is 0. The van der Waals surface area contributed by atoms with Crippen molar-refractivity contribution in [1.29, 1.82) is 0 Å². The van der Waals surface area contributed by atoms with Gasteiger partial charge in [0, 0.05) is 121 Å². The number of rotatable bonds is 0. The van der Waals surface area contributed by atoms with Gasteiger partial charge >= 0.3 is 0 Å². The fraction of sp³-hybridized carbons (Fsp3) is 0. The second-order valence-electron chi connectivity index (χ2n) is 0. The number of nitrogens with two attached hydrogens (primary N) is 12. The molecule has 0 aliphatic heterocycles. The van der Waals surface area contributed by atoms with Gasteiger partial charge in [-0.3, -0.25) is 0 Å². The Morgan fingerprint density at radius 1 is 0.0952 bits per heavy atom. The normalized spacial score (nSPS) is 0. The van der Waals surface area contributed by atoms with Crippen LogP contribution in [0.15, 0.2) is 0 Å². The second-order valence-corrected chi connectivity index (χ2v) is 0. The summed E-state index contributed by atoms with van der Waals surface area (Å²) in [6.45, 7) is 0. The van der Waals surface area contributed by atoms with E-state index in [1.54, 1.807) is 0 Å². The minimum absolute atomic E-state index is 0. The van der Waals surface area contributed by atoms with Crippen LogP contribution in [0.2, 0.25) is 0 Å². The predicted molar refractivity (Wildman–Crippen MR) is 184 cm³/mol. The molecular formula is C12H84Ir6N12O12-24. The molecule has 30 heteroatoms. The standard InChI is InChI=1S/12CH3.6Ir.12H2N.12H2O/h12*1H3;;;;;;;24*1H2/q12*-1;;;;;;;12*-1;;;;;;;;;;;;. The third kappa shape index (κ3) is 8760. The van der Waals surface area contributed by atoms with Crippen LogP contribution in [0, 0.1) is 89.1 Å². The minimum atomic E-state index is 0. The van der Waals surface area contributed by atoms with Gasteiger partial charge in [-0.05, 0) is 0 Å². The van der Waals surface area contributed by atoms with Crippen molar-refractivity contribution in [3.8, 4) is 0 Å². The first-order chi connectivity index (χ1) is 0. The summed E-state index contributed by atoms with van der Waals surface area (Å²) in [7, 11) is 0. The Morgan fingerprint density at radius 3 is 0.0952 bits per heavy atom. The second kappa shape index (κ2) is 9400. The van der Waals surface area contributed by atoms with E-state index < -0.39 is 0 Å². The molecule has 0 heterocycles. The molecule has 0 aromatic heterocycles. The number of hydrogen-bond acceptors (Lipinski definition) is 0. The maximum atomic E-state index is 0. The van der Waals surface area contributed by atoms with Crippen LogP contribution in [0.3, 0.4) is 0 Å². The van der Waals surface area contributed by atoms with Crippen LogP contribution >= 0.6 is 0 Å². The van der Waals surface area contributed by atoms with E-state index in [-0.39, 0.29) is 349 Å². The molecule has 0 unspecified atom stereocenters. The monoisotopic (exact) mass is 1750 g/mol. The van der Waals surface area contributed by atoms with Gasteiger partial charge in [0.25, 0.3) is 0 Å². The van der Waals surface area contributed by atoms with Crippen LogP contribution in [-0.4, -0.2) is 65.7 Å². The van der Waals surface area contributed by atoms with Gasteiger partial charge in [0.05, 0.1) is 0 Å². The van der Waals surface area contributed by atoms with Crippen molar-refractivity contribution in [3.05, 3.63) is 163 Å². The molecule has 0 rings (SSSR count). The molecule has 48 N–H and O–H groups in total. The summed E-state index contributed by atoms with van der Waals surface area (Å²) in [5, 5.41) is 0. The smallest absolute Gasteiger partial charge is 0 e. The predicted octanol–water partition coefficient (Wildman–Crippen LogP) is 4.10. The van der Waals surface area contributed by atoms with Gasteiger partial charge in [-0.15, -0.1) is 0 Å². The van der Waals surface area contributed by atoms with E-state index in [4.69, 9.17) is 0 Å². The summed E-state index contributed by atoms with van der Waals surface area (Å²) in [5.41, 5.74) is 0. The van der Waals surface area contributed by atoms with E-state index in [0.29, 0.717) is 0 Å². The van der Waals surface area contributed by atoms with E-state index in [1.807, 2.05) is 0 Å². The molecule has 0 fully saturated rings. The molecule has 24 nitrogen and oxygen atoms in total. The SMILES string of the molecule is O.O.O.O.O.O.O.O.O.O.O.O.[CH3-].[CH3-].[CH3-].[CH3-].[CH3-].[CH3-].[CH3-].[CH3-].[CH3-].[CH3-].[CH3-].[CH3-].[Ir].[Ir].[Ir].[Ir].[Ir].[Ir].[NH2-].[NH2-].[NH2-].[NH2-].[NH2-].[NH2-].[NH2-].[NH2-].[NH2-].[NH2-].[NH2-].[NH2-]. The maximum Gasteiger partial charge on any atom is 0 e. The van der Waals surface area contributed by atoms with E-state index >= 15 is 0 Å². The van der Waals surface area contributed by atoms with Crippen molar-refractivity contribution in [2.75, 3.05) is 0 Å². The van der Waals surface area contributed by atoms with Crippen LogP contribution in [-0.2, 0) is 121 Å². The molecule has 0 amide bonds. The average molecular weight is 1740 g/mol. The molecule has 0 aromatic rings. The minimum Gasteiger partial charge on any atom is -0.693 e. The zero-order valence-electron chi connectivity index (χ0n) is 26.9. The Labute approximate surface area is 346 Å². The Morgan fingerprint density at radius 2 is 0.0952 bits per heavy atom. The molecule has 0 bridgehead atoms. The van der Waals surface area contributed by atoms with Gasteiger partial charge < -0.3 is 229 Å². The summed E-state index contributed by atoms with van der Waals surface area (Å²) in [6.07, 6.45) is 0. The quantitative estimate of drug-likeness (QED) is 0.309. The third-order valence-corrected chi connectivity index (χ3v) is 0. The van der Waals surface area contributed by atoms with Gasteiger partial charge in [-0.2, -0.15) is 0 Å². The molecule has 0 saturated heterocycles. The van der Waals surface area contributed by atoms with E-state index in [2.05, 4.69) is 0 Å². The zero-order valence-corrected chi connectivity index (χ0v) is 41.3. The summed E-state index contributed by atoms with van der Waals surface area (Å²) in [5.74, 6) is 0. The Kier molecular flexibility index (Phi) is 2250000. The van der Waals surface area contributed by atoms with Crippen molar-refractivity contribution < 1.29 is 186 Å². The molecule has 0 saturated carbocycles. The molecular weight excluding hydrogens is 1660 g/mol. The molecule has 42 heavy (non-hydrogen) atoms. The van der Waals surface area contributed by atoms with Gasteiger partial charge in [0.15, 0.2) is 0 Å². The van der Waals surface area contributed by atoms with Crippen molar-refractivity contribution in [3.63, 3.8) is 0 Å². The number of hydrogen-bond donors (Lipinski definition) is 0. The van der Waals surface area contributed by atoms with Crippen molar-refractivity contribution >= 4 is 0 Å². The average Bonchev–Trinajstić information content (AvgIpc) is 0. The van der Waals surface area contributed by atoms with Crippen molar-refractivity contribution in [1.82, 2.24) is 0 Å². The van der Waals surface area contributed by atoms with Crippen LogP contribution in [0.25, 0.3) is 73.8 Å². The Hall–Kier alpha value is 2.94. The van der Waals surface area contributed by atoms with Gasteiger partial charge in [-0.1, -0.05) is 0 Å². The fourth-order valence-electron chi connectivity index (χ4n) is 0. The van der Waals surface area contributed by atoms with E-state index in [1.165, 1.54) is 0 Å². The van der Waals surface area contributed by atoms with E-state index in [0.717, 1.165) is 0 Å².